The third-order valence-electron chi connectivity index (χ3n) is 4.57. The Kier molecular flexibility index (Phi) is 6.86. The van der Waals surface area contributed by atoms with Gasteiger partial charge in [0.2, 0.25) is 0 Å². The molecule has 1 saturated heterocycles. The summed E-state index contributed by atoms with van der Waals surface area (Å²) in [6, 6.07) is 18.3. The van der Waals surface area contributed by atoms with Gasteiger partial charge in [-0.15, -0.1) is 0 Å². The Hall–Kier alpha value is -1.88. The monoisotopic (exact) mass is 341 g/mol. The van der Waals surface area contributed by atoms with Crippen molar-refractivity contribution in [1.82, 2.24) is 5.32 Å². The van der Waals surface area contributed by atoms with Crippen LogP contribution in [0.2, 0.25) is 0 Å². The molecular weight excluding hydrogens is 314 g/mol. The van der Waals surface area contributed by atoms with E-state index in [-0.39, 0.29) is 12.0 Å². The maximum atomic E-state index is 10.1. The van der Waals surface area contributed by atoms with Gasteiger partial charge in [-0.25, -0.2) is 0 Å². The maximum absolute atomic E-state index is 10.1. The van der Waals surface area contributed by atoms with Crippen LogP contribution in [0, 0.1) is 0 Å². The zero-order valence-electron chi connectivity index (χ0n) is 14.6. The van der Waals surface area contributed by atoms with E-state index in [2.05, 4.69) is 29.6 Å². The van der Waals surface area contributed by atoms with Crippen molar-refractivity contribution in [2.45, 2.75) is 31.5 Å². The Morgan fingerprint density at radius 2 is 1.80 bits per heavy atom. The average molecular weight is 341 g/mol. The van der Waals surface area contributed by atoms with E-state index >= 15 is 0 Å². The fourth-order valence-electron chi connectivity index (χ4n) is 3.16. The Labute approximate surface area is 149 Å². The molecule has 0 bridgehead atoms. The molecule has 0 aromatic heterocycles. The molecule has 0 radical (unpaired) electrons. The lowest BCUT2D eigenvalue weighted by Gasteiger charge is -2.28. The molecule has 0 aliphatic carbocycles. The highest BCUT2D eigenvalue weighted by molar-refractivity contribution is 5.30. The fourth-order valence-corrected chi connectivity index (χ4v) is 3.16. The largest absolute Gasteiger partial charge is 0.494 e. The Balaban J connectivity index is 1.34. The Morgan fingerprint density at radius 1 is 1.00 bits per heavy atom. The highest BCUT2D eigenvalue weighted by Gasteiger charge is 2.24. The van der Waals surface area contributed by atoms with Crippen LogP contribution in [-0.2, 0) is 11.3 Å². The van der Waals surface area contributed by atoms with E-state index in [0.29, 0.717) is 26.4 Å². The van der Waals surface area contributed by atoms with Crippen molar-refractivity contribution in [1.29, 1.82) is 0 Å². The van der Waals surface area contributed by atoms with Crippen LogP contribution >= 0.6 is 0 Å². The van der Waals surface area contributed by atoms with Crippen molar-refractivity contribution in [2.24, 2.45) is 0 Å². The van der Waals surface area contributed by atoms with E-state index in [9.17, 15) is 5.11 Å². The number of β-amino-alcohol motifs (C(OH)–C–C–N with tert-alkyl or cyclic N) is 1. The van der Waals surface area contributed by atoms with Gasteiger partial charge in [0, 0.05) is 18.9 Å². The van der Waals surface area contributed by atoms with Crippen molar-refractivity contribution in [2.75, 3.05) is 26.3 Å². The minimum atomic E-state index is -0.303. The number of ether oxygens (including phenoxy) is 2. The molecule has 0 amide bonds. The van der Waals surface area contributed by atoms with E-state index in [1.165, 1.54) is 11.1 Å². The molecule has 1 aliphatic heterocycles. The summed E-state index contributed by atoms with van der Waals surface area (Å²) in [5, 5.41) is 13.3. The van der Waals surface area contributed by atoms with Crippen LogP contribution in [0.1, 0.15) is 29.9 Å². The van der Waals surface area contributed by atoms with Crippen molar-refractivity contribution in [3.8, 4) is 5.75 Å². The van der Waals surface area contributed by atoms with Crippen LogP contribution < -0.4 is 10.1 Å². The summed E-state index contributed by atoms with van der Waals surface area (Å²) in [7, 11) is 0. The van der Waals surface area contributed by atoms with E-state index in [1.807, 2.05) is 30.3 Å². The van der Waals surface area contributed by atoms with Gasteiger partial charge in [-0.05, 0) is 36.2 Å². The van der Waals surface area contributed by atoms with Crippen molar-refractivity contribution >= 4 is 0 Å². The average Bonchev–Trinajstić information content (AvgIpc) is 2.66. The molecule has 2 atom stereocenters. The number of aliphatic hydroxyl groups is 1. The van der Waals surface area contributed by atoms with Crippen LogP contribution in [0.5, 0.6) is 5.75 Å². The zero-order chi connectivity index (χ0) is 17.3. The molecule has 4 nitrogen and oxygen atoms in total. The SMILES string of the molecule is OC1CNCCC1c1ccc(OCCCOCc2ccccc2)cc1. The van der Waals surface area contributed by atoms with Gasteiger partial charge < -0.3 is 19.9 Å². The van der Waals surface area contributed by atoms with Crippen LogP contribution in [0.15, 0.2) is 54.6 Å². The molecular formula is C21H27NO3. The van der Waals surface area contributed by atoms with Gasteiger partial charge >= 0.3 is 0 Å². The molecule has 3 rings (SSSR count). The van der Waals surface area contributed by atoms with Gasteiger partial charge in [-0.1, -0.05) is 42.5 Å². The van der Waals surface area contributed by atoms with Crippen LogP contribution in [0.25, 0.3) is 0 Å². The molecule has 1 heterocycles. The first-order valence-corrected chi connectivity index (χ1v) is 9.06. The molecule has 1 aliphatic rings. The van der Waals surface area contributed by atoms with E-state index < -0.39 is 0 Å². The lowest BCUT2D eigenvalue weighted by atomic mass is 9.88. The number of hydrogen-bond acceptors (Lipinski definition) is 4. The summed E-state index contributed by atoms with van der Waals surface area (Å²) in [5.74, 6) is 1.09. The number of aliphatic hydroxyl groups excluding tert-OH is 1. The van der Waals surface area contributed by atoms with E-state index in [1.54, 1.807) is 0 Å². The maximum Gasteiger partial charge on any atom is 0.119 e. The van der Waals surface area contributed by atoms with Crippen molar-refractivity contribution in [3.05, 3.63) is 65.7 Å². The minimum absolute atomic E-state index is 0.224. The third-order valence-corrected chi connectivity index (χ3v) is 4.57. The normalized spacial score (nSPS) is 20.4. The standard InChI is InChI=1S/C21H27NO3/c23-21-15-22-12-11-20(21)18-7-9-19(10-8-18)25-14-4-13-24-16-17-5-2-1-3-6-17/h1-3,5-10,20-23H,4,11-16H2. The molecule has 2 unspecified atom stereocenters. The lowest BCUT2D eigenvalue weighted by Crippen LogP contribution is -2.39. The topological polar surface area (TPSA) is 50.7 Å². The van der Waals surface area contributed by atoms with Crippen molar-refractivity contribution < 1.29 is 14.6 Å². The highest BCUT2D eigenvalue weighted by Crippen LogP contribution is 2.27. The predicted octanol–water partition coefficient (Wildman–Crippen LogP) is 3.11. The summed E-state index contributed by atoms with van der Waals surface area (Å²) < 4.78 is 11.4. The second-order valence-corrected chi connectivity index (χ2v) is 6.48. The fraction of sp³-hybridized carbons (Fsp3) is 0.429. The number of nitrogens with one attached hydrogen (secondary N) is 1. The van der Waals surface area contributed by atoms with Gasteiger partial charge in [0.1, 0.15) is 5.75 Å². The number of benzene rings is 2. The first kappa shape index (κ1) is 17.9. The van der Waals surface area contributed by atoms with Gasteiger partial charge in [-0.2, -0.15) is 0 Å². The highest BCUT2D eigenvalue weighted by atomic mass is 16.5. The van der Waals surface area contributed by atoms with E-state index in [4.69, 9.17) is 9.47 Å². The van der Waals surface area contributed by atoms with Crippen molar-refractivity contribution in [3.63, 3.8) is 0 Å². The smallest absolute Gasteiger partial charge is 0.119 e. The molecule has 1 fully saturated rings. The quantitative estimate of drug-likeness (QED) is 0.725. The summed E-state index contributed by atoms with van der Waals surface area (Å²) in [5.41, 5.74) is 2.38. The molecule has 2 aromatic carbocycles. The first-order chi connectivity index (χ1) is 12.3. The second kappa shape index (κ2) is 9.56. The van der Waals surface area contributed by atoms with Crippen LogP contribution in [0.4, 0.5) is 0 Å². The molecule has 0 spiro atoms. The lowest BCUT2D eigenvalue weighted by molar-refractivity contribution is 0.107. The Morgan fingerprint density at radius 3 is 2.56 bits per heavy atom. The summed E-state index contributed by atoms with van der Waals surface area (Å²) in [6.45, 7) is 3.61. The zero-order valence-corrected chi connectivity index (χ0v) is 14.6. The molecule has 0 saturated carbocycles. The van der Waals surface area contributed by atoms with Crippen LogP contribution in [-0.4, -0.2) is 37.5 Å². The Bertz CT molecular complexity index is 615. The van der Waals surface area contributed by atoms with Crippen LogP contribution in [0.3, 0.4) is 0 Å². The molecule has 2 N–H and O–H groups in total. The number of hydrogen-bond donors (Lipinski definition) is 2. The third kappa shape index (κ3) is 5.56. The predicted molar refractivity (Wildman–Crippen MR) is 98.9 cm³/mol. The molecule has 2 aromatic rings. The number of piperidine rings is 1. The first-order valence-electron chi connectivity index (χ1n) is 9.06. The minimum Gasteiger partial charge on any atom is -0.494 e. The van der Waals surface area contributed by atoms with Gasteiger partial charge in [0.05, 0.1) is 25.9 Å². The van der Waals surface area contributed by atoms with Gasteiger partial charge in [0.15, 0.2) is 0 Å². The summed E-state index contributed by atoms with van der Waals surface area (Å²) >= 11 is 0. The molecule has 25 heavy (non-hydrogen) atoms. The number of rotatable bonds is 8. The second-order valence-electron chi connectivity index (χ2n) is 6.48. The molecule has 134 valence electrons. The summed E-state index contributed by atoms with van der Waals surface area (Å²) in [6.07, 6.45) is 1.53. The van der Waals surface area contributed by atoms with Gasteiger partial charge in [-0.3, -0.25) is 0 Å². The molecule has 4 heteroatoms. The van der Waals surface area contributed by atoms with Gasteiger partial charge in [0.25, 0.3) is 0 Å². The summed E-state index contributed by atoms with van der Waals surface area (Å²) in [4.78, 5) is 0. The van der Waals surface area contributed by atoms with E-state index in [0.717, 1.165) is 25.1 Å².